The maximum atomic E-state index is 3.67. The van der Waals surface area contributed by atoms with Crippen LogP contribution in [0.5, 0.6) is 0 Å². The van der Waals surface area contributed by atoms with Gasteiger partial charge in [0, 0.05) is 25.0 Å². The molecule has 1 aliphatic carbocycles. The lowest BCUT2D eigenvalue weighted by atomic mass is 9.81. The van der Waals surface area contributed by atoms with Gasteiger partial charge in [-0.15, -0.1) is 0 Å². The molecule has 108 valence electrons. The summed E-state index contributed by atoms with van der Waals surface area (Å²) in [7, 11) is 0. The van der Waals surface area contributed by atoms with E-state index in [9.17, 15) is 0 Å². The van der Waals surface area contributed by atoms with Gasteiger partial charge in [-0.05, 0) is 49.8 Å². The fraction of sp³-hybridized carbons (Fsp3) is 0.765. The lowest BCUT2D eigenvalue weighted by Gasteiger charge is -2.28. The van der Waals surface area contributed by atoms with E-state index >= 15 is 0 Å². The highest BCUT2D eigenvalue weighted by Gasteiger charge is 2.19. The van der Waals surface area contributed by atoms with E-state index < -0.39 is 0 Å². The van der Waals surface area contributed by atoms with Crippen LogP contribution < -0.4 is 5.32 Å². The highest BCUT2D eigenvalue weighted by atomic mass is 15.0. The normalized spacial score (nSPS) is 23.7. The molecule has 0 bridgehead atoms. The van der Waals surface area contributed by atoms with Crippen LogP contribution in [0.2, 0.25) is 0 Å². The predicted octanol–water partition coefficient (Wildman–Crippen LogP) is 4.20. The highest BCUT2D eigenvalue weighted by molar-refractivity contribution is 5.06. The zero-order valence-corrected chi connectivity index (χ0v) is 12.7. The van der Waals surface area contributed by atoms with Gasteiger partial charge in [-0.25, -0.2) is 0 Å². The number of aryl methyl sites for hydroxylation is 1. The van der Waals surface area contributed by atoms with Crippen molar-refractivity contribution in [2.45, 2.75) is 65.5 Å². The van der Waals surface area contributed by atoms with E-state index in [1.165, 1.54) is 50.8 Å². The van der Waals surface area contributed by atoms with Crippen LogP contribution in [0, 0.1) is 11.8 Å². The Hall–Kier alpha value is -0.760. The van der Waals surface area contributed by atoms with Crippen molar-refractivity contribution in [1.82, 2.24) is 9.88 Å². The van der Waals surface area contributed by atoms with E-state index in [-0.39, 0.29) is 0 Å². The third-order valence-corrected chi connectivity index (χ3v) is 4.67. The monoisotopic (exact) mass is 262 g/mol. The van der Waals surface area contributed by atoms with Crippen molar-refractivity contribution in [3.63, 3.8) is 0 Å². The van der Waals surface area contributed by atoms with Crippen molar-refractivity contribution in [2.24, 2.45) is 11.8 Å². The van der Waals surface area contributed by atoms with Gasteiger partial charge >= 0.3 is 0 Å². The number of nitrogens with zero attached hydrogens (tertiary/aromatic N) is 1. The third kappa shape index (κ3) is 4.38. The second kappa shape index (κ2) is 7.74. The molecule has 0 radical (unpaired) electrons. The summed E-state index contributed by atoms with van der Waals surface area (Å²) in [5.74, 6) is 1.93. The largest absolute Gasteiger partial charge is 0.350 e. The molecule has 2 nitrogen and oxygen atoms in total. The fourth-order valence-electron chi connectivity index (χ4n) is 3.32. The molecule has 1 heterocycles. The van der Waals surface area contributed by atoms with Gasteiger partial charge < -0.3 is 9.88 Å². The number of rotatable bonds is 7. The van der Waals surface area contributed by atoms with Crippen LogP contribution >= 0.6 is 0 Å². The fourth-order valence-corrected chi connectivity index (χ4v) is 3.32. The maximum absolute atomic E-state index is 3.67. The molecular formula is C17H30N2. The lowest BCUT2D eigenvalue weighted by molar-refractivity contribution is 0.262. The second-order valence-electron chi connectivity index (χ2n) is 6.12. The summed E-state index contributed by atoms with van der Waals surface area (Å²) in [6.07, 6.45) is 10.6. The second-order valence-corrected chi connectivity index (χ2v) is 6.12. The van der Waals surface area contributed by atoms with Crippen molar-refractivity contribution < 1.29 is 0 Å². The van der Waals surface area contributed by atoms with Gasteiger partial charge in [0.2, 0.25) is 0 Å². The van der Waals surface area contributed by atoms with Crippen LogP contribution in [0.25, 0.3) is 0 Å². The summed E-state index contributed by atoms with van der Waals surface area (Å²) < 4.78 is 2.38. The first kappa shape index (κ1) is 14.6. The van der Waals surface area contributed by atoms with Crippen molar-refractivity contribution in [2.75, 3.05) is 6.54 Å². The van der Waals surface area contributed by atoms with Gasteiger partial charge in [0.15, 0.2) is 0 Å². The Morgan fingerprint density at radius 3 is 2.58 bits per heavy atom. The van der Waals surface area contributed by atoms with E-state index in [1.807, 2.05) is 0 Å². The Balaban J connectivity index is 1.67. The van der Waals surface area contributed by atoms with Gasteiger partial charge in [0.05, 0.1) is 0 Å². The minimum absolute atomic E-state index is 0.914. The van der Waals surface area contributed by atoms with E-state index in [2.05, 4.69) is 42.1 Å². The van der Waals surface area contributed by atoms with Gasteiger partial charge in [-0.2, -0.15) is 0 Å². The number of hydrogen-bond donors (Lipinski definition) is 1. The third-order valence-electron chi connectivity index (χ3n) is 4.67. The molecule has 0 aromatic carbocycles. The topological polar surface area (TPSA) is 17.0 Å². The molecule has 1 aromatic heterocycles. The molecule has 0 saturated heterocycles. The molecule has 1 aromatic rings. The van der Waals surface area contributed by atoms with Gasteiger partial charge in [-0.3, -0.25) is 0 Å². The summed E-state index contributed by atoms with van der Waals surface area (Å²) in [5.41, 5.74) is 1.43. The van der Waals surface area contributed by atoms with Crippen molar-refractivity contribution >= 4 is 0 Å². The zero-order chi connectivity index (χ0) is 13.5. The Labute approximate surface area is 118 Å². The molecule has 1 saturated carbocycles. The Morgan fingerprint density at radius 2 is 1.89 bits per heavy atom. The average Bonchev–Trinajstić information content (AvgIpc) is 2.88. The van der Waals surface area contributed by atoms with Crippen LogP contribution in [0.15, 0.2) is 18.3 Å². The summed E-state index contributed by atoms with van der Waals surface area (Å²) in [6, 6.07) is 4.41. The first-order valence-electron chi connectivity index (χ1n) is 8.18. The van der Waals surface area contributed by atoms with Gasteiger partial charge in [-0.1, -0.05) is 33.1 Å². The number of aromatic nitrogens is 1. The molecule has 1 N–H and O–H groups in total. The Morgan fingerprint density at radius 1 is 1.16 bits per heavy atom. The molecule has 0 unspecified atom stereocenters. The minimum Gasteiger partial charge on any atom is -0.350 e. The Bertz CT molecular complexity index is 348. The number of hydrogen-bond acceptors (Lipinski definition) is 1. The molecule has 1 aliphatic rings. The molecule has 0 atom stereocenters. The molecule has 19 heavy (non-hydrogen) atoms. The molecule has 2 heteroatoms. The van der Waals surface area contributed by atoms with Crippen molar-refractivity contribution in [3.05, 3.63) is 24.0 Å². The first-order valence-corrected chi connectivity index (χ1v) is 8.18. The van der Waals surface area contributed by atoms with Crippen molar-refractivity contribution in [1.29, 1.82) is 0 Å². The van der Waals surface area contributed by atoms with Crippen LogP contribution in [-0.4, -0.2) is 11.1 Å². The standard InChI is InChI=1S/C17H30N2/c1-3-11-19-12-5-6-17(19)14-18-13-16-9-7-15(4-2)8-10-16/h5-6,12,15-16,18H,3-4,7-11,13-14H2,1-2H3. The summed E-state index contributed by atoms with van der Waals surface area (Å²) in [5, 5.41) is 3.67. The summed E-state index contributed by atoms with van der Waals surface area (Å²) in [6.45, 7) is 7.95. The van der Waals surface area contributed by atoms with Crippen molar-refractivity contribution in [3.8, 4) is 0 Å². The predicted molar refractivity (Wildman–Crippen MR) is 82.2 cm³/mol. The molecule has 0 amide bonds. The molecule has 0 aliphatic heterocycles. The summed E-state index contributed by atoms with van der Waals surface area (Å²) in [4.78, 5) is 0. The highest BCUT2D eigenvalue weighted by Crippen LogP contribution is 2.30. The van der Waals surface area contributed by atoms with Gasteiger partial charge in [0.25, 0.3) is 0 Å². The maximum Gasteiger partial charge on any atom is 0.0359 e. The van der Waals surface area contributed by atoms with E-state index in [0.717, 1.165) is 24.9 Å². The average molecular weight is 262 g/mol. The Kier molecular flexibility index (Phi) is 5.96. The SMILES string of the molecule is CCCn1cccc1CNCC1CCC(CC)CC1. The van der Waals surface area contributed by atoms with Crippen LogP contribution in [0.4, 0.5) is 0 Å². The van der Waals surface area contributed by atoms with E-state index in [0.29, 0.717) is 0 Å². The van der Waals surface area contributed by atoms with Crippen LogP contribution in [0.1, 0.15) is 58.1 Å². The molecule has 1 fully saturated rings. The zero-order valence-electron chi connectivity index (χ0n) is 12.7. The number of nitrogens with one attached hydrogen (secondary N) is 1. The summed E-state index contributed by atoms with van der Waals surface area (Å²) >= 11 is 0. The van der Waals surface area contributed by atoms with Gasteiger partial charge in [0.1, 0.15) is 0 Å². The first-order chi connectivity index (χ1) is 9.33. The van der Waals surface area contributed by atoms with E-state index in [1.54, 1.807) is 0 Å². The quantitative estimate of drug-likeness (QED) is 0.779. The lowest BCUT2D eigenvalue weighted by Crippen LogP contribution is -2.26. The van der Waals surface area contributed by atoms with Crippen LogP contribution in [-0.2, 0) is 13.1 Å². The molecule has 0 spiro atoms. The smallest absolute Gasteiger partial charge is 0.0359 e. The molecular weight excluding hydrogens is 232 g/mol. The van der Waals surface area contributed by atoms with E-state index in [4.69, 9.17) is 0 Å². The van der Waals surface area contributed by atoms with Crippen LogP contribution in [0.3, 0.4) is 0 Å². The minimum atomic E-state index is 0.914. The molecule has 2 rings (SSSR count).